The molecule has 1 aromatic rings. The number of anilines is 1. The first-order valence-corrected chi connectivity index (χ1v) is 8.16. The van der Waals surface area contributed by atoms with Crippen LogP contribution in [0.1, 0.15) is 25.8 Å². The van der Waals surface area contributed by atoms with E-state index in [9.17, 15) is 8.78 Å². The van der Waals surface area contributed by atoms with E-state index in [-0.39, 0.29) is 11.7 Å². The van der Waals surface area contributed by atoms with Crippen LogP contribution in [0, 0.1) is 11.6 Å². The summed E-state index contributed by atoms with van der Waals surface area (Å²) in [6, 6.07) is 2.81. The van der Waals surface area contributed by atoms with E-state index in [1.165, 1.54) is 12.1 Å². The molecule has 2 rings (SSSR count). The Labute approximate surface area is 123 Å². The number of halogens is 2. The Morgan fingerprint density at radius 1 is 1.40 bits per heavy atom. The zero-order chi connectivity index (χ0) is 14.7. The molecule has 0 aromatic heterocycles. The predicted molar refractivity (Wildman–Crippen MR) is 82.5 cm³/mol. The lowest BCUT2D eigenvalue weighted by Gasteiger charge is -2.33. The van der Waals surface area contributed by atoms with Gasteiger partial charge in [0, 0.05) is 30.1 Å². The minimum absolute atomic E-state index is 0.0499. The summed E-state index contributed by atoms with van der Waals surface area (Å²) in [4.78, 5) is 1.81. The second-order valence-corrected chi connectivity index (χ2v) is 6.95. The molecule has 2 atom stereocenters. The van der Waals surface area contributed by atoms with Gasteiger partial charge in [0.25, 0.3) is 0 Å². The molecule has 0 bridgehead atoms. The molecule has 0 amide bonds. The molecule has 0 aliphatic carbocycles. The summed E-state index contributed by atoms with van der Waals surface area (Å²) < 4.78 is 28.5. The highest BCUT2D eigenvalue weighted by Crippen LogP contribution is 2.29. The third kappa shape index (κ3) is 3.64. The zero-order valence-electron chi connectivity index (χ0n) is 12.0. The van der Waals surface area contributed by atoms with E-state index in [0.29, 0.717) is 30.3 Å². The first-order chi connectivity index (χ1) is 9.51. The van der Waals surface area contributed by atoms with Gasteiger partial charge in [-0.15, -0.1) is 0 Å². The van der Waals surface area contributed by atoms with E-state index in [1.54, 1.807) is 0 Å². The Kier molecular flexibility index (Phi) is 5.27. The van der Waals surface area contributed by atoms with E-state index >= 15 is 0 Å². The standard InChI is InChI=1S/C15H22F2N2S/c1-3-12(18)6-11-7-13(16)15(14(17)8-11)19-4-5-20-10(2)9-19/h7-8,10,12H,3-6,9,18H2,1-2H3. The van der Waals surface area contributed by atoms with Crippen molar-refractivity contribution < 1.29 is 8.78 Å². The number of thioether (sulfide) groups is 1. The second kappa shape index (κ2) is 6.76. The largest absolute Gasteiger partial charge is 0.365 e. The molecule has 20 heavy (non-hydrogen) atoms. The molecular weight excluding hydrogens is 278 g/mol. The summed E-state index contributed by atoms with van der Waals surface area (Å²) in [5.41, 5.74) is 6.60. The molecule has 2 nitrogen and oxygen atoms in total. The van der Waals surface area contributed by atoms with Crippen molar-refractivity contribution in [1.82, 2.24) is 0 Å². The van der Waals surface area contributed by atoms with Crippen LogP contribution in [0.5, 0.6) is 0 Å². The van der Waals surface area contributed by atoms with Crippen molar-refractivity contribution >= 4 is 17.4 Å². The number of rotatable bonds is 4. The number of hydrogen-bond donors (Lipinski definition) is 1. The molecule has 1 aliphatic rings. The molecule has 0 radical (unpaired) electrons. The highest BCUT2D eigenvalue weighted by atomic mass is 32.2. The lowest BCUT2D eigenvalue weighted by molar-refractivity contribution is 0.562. The topological polar surface area (TPSA) is 29.3 Å². The van der Waals surface area contributed by atoms with Crippen LogP contribution >= 0.6 is 11.8 Å². The van der Waals surface area contributed by atoms with Gasteiger partial charge in [0.15, 0.2) is 0 Å². The maximum absolute atomic E-state index is 14.2. The van der Waals surface area contributed by atoms with Gasteiger partial charge in [-0.05, 0) is 30.5 Å². The summed E-state index contributed by atoms with van der Waals surface area (Å²) in [5, 5.41) is 0.399. The predicted octanol–water partition coefficient (Wildman–Crippen LogP) is 3.19. The monoisotopic (exact) mass is 300 g/mol. The van der Waals surface area contributed by atoms with Crippen molar-refractivity contribution in [3.05, 3.63) is 29.3 Å². The van der Waals surface area contributed by atoms with Gasteiger partial charge in [0.05, 0.1) is 0 Å². The van der Waals surface area contributed by atoms with Crippen LogP contribution in [0.15, 0.2) is 12.1 Å². The molecule has 112 valence electrons. The van der Waals surface area contributed by atoms with Crippen molar-refractivity contribution in [1.29, 1.82) is 0 Å². The van der Waals surface area contributed by atoms with Crippen LogP contribution in [-0.2, 0) is 6.42 Å². The van der Waals surface area contributed by atoms with Crippen molar-refractivity contribution in [2.75, 3.05) is 23.7 Å². The molecule has 5 heteroatoms. The maximum Gasteiger partial charge on any atom is 0.149 e. The Morgan fingerprint density at radius 3 is 2.60 bits per heavy atom. The molecule has 1 fully saturated rings. The number of nitrogens with two attached hydrogens (primary N) is 1. The Balaban J connectivity index is 2.22. The summed E-state index contributed by atoms with van der Waals surface area (Å²) in [7, 11) is 0. The Morgan fingerprint density at radius 2 is 2.05 bits per heavy atom. The van der Waals surface area contributed by atoms with E-state index in [1.807, 2.05) is 23.6 Å². The third-order valence-corrected chi connectivity index (χ3v) is 4.79. The maximum atomic E-state index is 14.2. The summed E-state index contributed by atoms with van der Waals surface area (Å²) in [6.07, 6.45) is 1.31. The zero-order valence-corrected chi connectivity index (χ0v) is 12.9. The fourth-order valence-electron chi connectivity index (χ4n) is 2.51. The van der Waals surface area contributed by atoms with Crippen LogP contribution in [0.3, 0.4) is 0 Å². The second-order valence-electron chi connectivity index (χ2n) is 5.41. The van der Waals surface area contributed by atoms with Crippen LogP contribution < -0.4 is 10.6 Å². The van der Waals surface area contributed by atoms with Crippen LogP contribution in [0.2, 0.25) is 0 Å². The lowest BCUT2D eigenvalue weighted by Crippen LogP contribution is -2.37. The first kappa shape index (κ1) is 15.6. The molecule has 2 unspecified atom stereocenters. The van der Waals surface area contributed by atoms with Crippen LogP contribution in [0.4, 0.5) is 14.5 Å². The molecule has 0 saturated carbocycles. The van der Waals surface area contributed by atoms with E-state index in [2.05, 4.69) is 6.92 Å². The van der Waals surface area contributed by atoms with Crippen molar-refractivity contribution in [3.63, 3.8) is 0 Å². The molecule has 1 aromatic carbocycles. The fraction of sp³-hybridized carbons (Fsp3) is 0.600. The molecule has 1 heterocycles. The number of nitrogens with zero attached hydrogens (tertiary/aromatic N) is 1. The van der Waals surface area contributed by atoms with Crippen LogP contribution in [0.25, 0.3) is 0 Å². The average Bonchev–Trinajstić information content (AvgIpc) is 2.37. The van der Waals surface area contributed by atoms with Gasteiger partial charge in [-0.3, -0.25) is 0 Å². The van der Waals surface area contributed by atoms with Crippen molar-refractivity contribution in [2.45, 2.75) is 38.0 Å². The Hall–Kier alpha value is -0.810. The summed E-state index contributed by atoms with van der Waals surface area (Å²) in [6.45, 7) is 5.43. The molecule has 1 aliphatic heterocycles. The van der Waals surface area contributed by atoms with Gasteiger partial charge >= 0.3 is 0 Å². The summed E-state index contributed by atoms with van der Waals surface area (Å²) in [5.74, 6) is -0.0347. The average molecular weight is 300 g/mol. The van der Waals surface area contributed by atoms with Crippen molar-refractivity contribution in [3.8, 4) is 0 Å². The van der Waals surface area contributed by atoms with Gasteiger partial charge in [-0.2, -0.15) is 11.8 Å². The van der Waals surface area contributed by atoms with Gasteiger partial charge < -0.3 is 10.6 Å². The molecule has 1 saturated heterocycles. The van der Waals surface area contributed by atoms with E-state index in [0.717, 1.165) is 12.2 Å². The molecular formula is C15H22F2N2S. The van der Waals surface area contributed by atoms with Gasteiger partial charge in [-0.25, -0.2) is 8.78 Å². The molecule has 2 N–H and O–H groups in total. The van der Waals surface area contributed by atoms with Gasteiger partial charge in [0.1, 0.15) is 17.3 Å². The van der Waals surface area contributed by atoms with E-state index in [4.69, 9.17) is 5.73 Å². The normalized spacial score (nSPS) is 21.1. The minimum atomic E-state index is -0.470. The number of benzene rings is 1. The van der Waals surface area contributed by atoms with Gasteiger partial charge in [-0.1, -0.05) is 13.8 Å². The Bertz CT molecular complexity index is 444. The smallest absolute Gasteiger partial charge is 0.149 e. The summed E-state index contributed by atoms with van der Waals surface area (Å²) >= 11 is 1.84. The molecule has 0 spiro atoms. The lowest BCUT2D eigenvalue weighted by atomic mass is 10.0. The number of hydrogen-bond acceptors (Lipinski definition) is 3. The quantitative estimate of drug-likeness (QED) is 0.926. The van der Waals surface area contributed by atoms with Gasteiger partial charge in [0.2, 0.25) is 0 Å². The fourth-order valence-corrected chi connectivity index (χ4v) is 3.52. The highest BCUT2D eigenvalue weighted by molar-refractivity contribution is 8.00. The third-order valence-electron chi connectivity index (χ3n) is 3.66. The SMILES string of the molecule is CCC(N)Cc1cc(F)c(N2CCSC(C)C2)c(F)c1. The highest BCUT2D eigenvalue weighted by Gasteiger charge is 2.23. The van der Waals surface area contributed by atoms with Crippen LogP contribution in [-0.4, -0.2) is 30.1 Å². The van der Waals surface area contributed by atoms with E-state index < -0.39 is 11.6 Å². The first-order valence-electron chi connectivity index (χ1n) is 7.11. The van der Waals surface area contributed by atoms with Crippen molar-refractivity contribution in [2.24, 2.45) is 5.73 Å². The minimum Gasteiger partial charge on any atom is -0.365 e.